The molecule has 80 valence electrons. The Balaban J connectivity index is 2.08. The average molecular weight is 199 g/mol. The zero-order chi connectivity index (χ0) is 10.4. The summed E-state index contributed by atoms with van der Waals surface area (Å²) in [5.74, 6) is -0.317. The molecule has 0 bridgehead atoms. The molecule has 0 saturated carbocycles. The molecule has 1 rings (SSSR count). The zero-order valence-electron chi connectivity index (χ0n) is 8.62. The van der Waals surface area contributed by atoms with Gasteiger partial charge in [-0.3, -0.25) is 4.90 Å². The van der Waals surface area contributed by atoms with E-state index in [4.69, 9.17) is 9.47 Å². The lowest BCUT2D eigenvalue weighted by Crippen LogP contribution is -2.35. The smallest absolute Gasteiger partial charge is 0.333 e. The Bertz CT molecular complexity index is 209. The quantitative estimate of drug-likeness (QED) is 0.495. The molecule has 14 heavy (non-hydrogen) atoms. The van der Waals surface area contributed by atoms with Gasteiger partial charge in [0.25, 0.3) is 0 Å². The van der Waals surface area contributed by atoms with E-state index < -0.39 is 0 Å². The summed E-state index contributed by atoms with van der Waals surface area (Å²) in [5.41, 5.74) is 0.444. The number of hydrogen-bond acceptors (Lipinski definition) is 4. The molecule has 1 fully saturated rings. The lowest BCUT2D eigenvalue weighted by atomic mass is 10.3. The van der Waals surface area contributed by atoms with Crippen molar-refractivity contribution in [3.8, 4) is 0 Å². The van der Waals surface area contributed by atoms with Gasteiger partial charge >= 0.3 is 5.97 Å². The lowest BCUT2D eigenvalue weighted by molar-refractivity contribution is -0.140. The summed E-state index contributed by atoms with van der Waals surface area (Å²) >= 11 is 0. The van der Waals surface area contributed by atoms with Crippen LogP contribution in [0.2, 0.25) is 0 Å². The fraction of sp³-hybridized carbons (Fsp3) is 0.700. The predicted molar refractivity (Wildman–Crippen MR) is 52.8 cm³/mol. The molecule has 4 nitrogen and oxygen atoms in total. The second-order valence-electron chi connectivity index (χ2n) is 3.43. The third-order valence-electron chi connectivity index (χ3n) is 2.03. The first-order valence-corrected chi connectivity index (χ1v) is 4.83. The summed E-state index contributed by atoms with van der Waals surface area (Å²) in [6, 6.07) is 0. The van der Waals surface area contributed by atoms with E-state index >= 15 is 0 Å². The summed E-state index contributed by atoms with van der Waals surface area (Å²) < 4.78 is 10.2. The highest BCUT2D eigenvalue weighted by Crippen LogP contribution is 2.00. The van der Waals surface area contributed by atoms with Crippen LogP contribution >= 0.6 is 0 Å². The molecular weight excluding hydrogens is 182 g/mol. The molecule has 1 aliphatic rings. The van der Waals surface area contributed by atoms with E-state index in [9.17, 15) is 4.79 Å². The standard InChI is InChI=1S/C10H17NO3/c1-9(2)10(12)14-7-5-11-4-3-6-13-8-11/h1,3-8H2,2H3. The second kappa shape index (κ2) is 5.78. The summed E-state index contributed by atoms with van der Waals surface area (Å²) in [6.45, 7) is 8.80. The number of hydrogen-bond donors (Lipinski definition) is 0. The number of carbonyl (C=O) groups is 1. The van der Waals surface area contributed by atoms with Crippen LogP contribution in [-0.4, -0.2) is 43.9 Å². The first kappa shape index (κ1) is 11.2. The van der Waals surface area contributed by atoms with Crippen molar-refractivity contribution in [3.63, 3.8) is 0 Å². The van der Waals surface area contributed by atoms with Gasteiger partial charge in [-0.2, -0.15) is 0 Å². The van der Waals surface area contributed by atoms with Crippen LogP contribution in [0, 0.1) is 0 Å². The maximum Gasteiger partial charge on any atom is 0.333 e. The van der Waals surface area contributed by atoms with Crippen molar-refractivity contribution in [2.75, 3.05) is 33.0 Å². The number of esters is 1. The Hall–Kier alpha value is -0.870. The van der Waals surface area contributed by atoms with Gasteiger partial charge in [-0.15, -0.1) is 0 Å². The molecule has 1 heterocycles. The highest BCUT2D eigenvalue weighted by atomic mass is 16.5. The molecule has 0 aromatic heterocycles. The minimum absolute atomic E-state index is 0.317. The van der Waals surface area contributed by atoms with Gasteiger partial charge in [-0.25, -0.2) is 4.79 Å². The van der Waals surface area contributed by atoms with Crippen LogP contribution < -0.4 is 0 Å². The molecule has 4 heteroatoms. The predicted octanol–water partition coefficient (Wildman–Crippen LogP) is 0.786. The molecule has 0 N–H and O–H groups in total. The van der Waals surface area contributed by atoms with Crippen LogP contribution in [-0.2, 0) is 14.3 Å². The van der Waals surface area contributed by atoms with Crippen LogP contribution in [0.5, 0.6) is 0 Å². The molecule has 0 atom stereocenters. The monoisotopic (exact) mass is 199 g/mol. The van der Waals surface area contributed by atoms with Crippen LogP contribution in [0.25, 0.3) is 0 Å². The molecule has 1 aliphatic heterocycles. The van der Waals surface area contributed by atoms with Crippen LogP contribution in [0.3, 0.4) is 0 Å². The number of nitrogens with zero attached hydrogens (tertiary/aromatic N) is 1. The molecule has 0 aromatic carbocycles. The van der Waals surface area contributed by atoms with E-state index in [2.05, 4.69) is 11.5 Å². The molecular formula is C10H17NO3. The summed E-state index contributed by atoms with van der Waals surface area (Å²) in [7, 11) is 0. The van der Waals surface area contributed by atoms with Gasteiger partial charge in [0, 0.05) is 25.3 Å². The van der Waals surface area contributed by atoms with Crippen molar-refractivity contribution in [2.24, 2.45) is 0 Å². The summed E-state index contributed by atoms with van der Waals surface area (Å²) in [6.07, 6.45) is 1.05. The van der Waals surface area contributed by atoms with Crippen LogP contribution in [0.15, 0.2) is 12.2 Å². The molecule has 0 spiro atoms. The van der Waals surface area contributed by atoms with Gasteiger partial charge < -0.3 is 9.47 Å². The number of rotatable bonds is 4. The minimum atomic E-state index is -0.317. The maximum atomic E-state index is 11.0. The van der Waals surface area contributed by atoms with Crippen molar-refractivity contribution < 1.29 is 14.3 Å². The van der Waals surface area contributed by atoms with E-state index in [0.29, 0.717) is 18.9 Å². The maximum absolute atomic E-state index is 11.0. The molecule has 0 aromatic rings. The van der Waals surface area contributed by atoms with E-state index in [1.165, 1.54) is 0 Å². The topological polar surface area (TPSA) is 38.8 Å². The van der Waals surface area contributed by atoms with Gasteiger partial charge in [-0.1, -0.05) is 6.58 Å². The fourth-order valence-corrected chi connectivity index (χ4v) is 1.22. The Labute approximate surface area is 84.5 Å². The number of carbonyl (C=O) groups excluding carboxylic acids is 1. The van der Waals surface area contributed by atoms with Gasteiger partial charge in [0.2, 0.25) is 0 Å². The van der Waals surface area contributed by atoms with E-state index in [-0.39, 0.29) is 5.97 Å². The molecule has 0 unspecified atom stereocenters. The second-order valence-corrected chi connectivity index (χ2v) is 3.43. The Morgan fingerprint density at radius 1 is 1.64 bits per heavy atom. The number of ether oxygens (including phenoxy) is 2. The molecule has 0 aliphatic carbocycles. The Morgan fingerprint density at radius 3 is 3.00 bits per heavy atom. The first-order valence-electron chi connectivity index (χ1n) is 4.83. The van der Waals surface area contributed by atoms with Gasteiger partial charge in [0.15, 0.2) is 0 Å². The van der Waals surface area contributed by atoms with Crippen LogP contribution in [0.4, 0.5) is 0 Å². The minimum Gasteiger partial charge on any atom is -0.461 e. The van der Waals surface area contributed by atoms with E-state index in [0.717, 1.165) is 26.1 Å². The average Bonchev–Trinajstić information content (AvgIpc) is 2.19. The van der Waals surface area contributed by atoms with E-state index in [1.54, 1.807) is 6.92 Å². The normalized spacial score (nSPS) is 17.8. The first-order chi connectivity index (χ1) is 6.70. The summed E-state index contributed by atoms with van der Waals surface area (Å²) in [5, 5.41) is 0. The fourth-order valence-electron chi connectivity index (χ4n) is 1.22. The molecule has 1 saturated heterocycles. The van der Waals surface area contributed by atoms with Crippen molar-refractivity contribution in [1.82, 2.24) is 4.90 Å². The largest absolute Gasteiger partial charge is 0.461 e. The van der Waals surface area contributed by atoms with Gasteiger partial charge in [0.05, 0.1) is 6.73 Å². The van der Waals surface area contributed by atoms with Crippen molar-refractivity contribution >= 4 is 5.97 Å². The highest BCUT2D eigenvalue weighted by Gasteiger charge is 2.10. The summed E-state index contributed by atoms with van der Waals surface area (Å²) in [4.78, 5) is 13.1. The Morgan fingerprint density at radius 2 is 2.43 bits per heavy atom. The molecule has 0 amide bonds. The zero-order valence-corrected chi connectivity index (χ0v) is 8.62. The molecule has 0 radical (unpaired) electrons. The van der Waals surface area contributed by atoms with E-state index in [1.807, 2.05) is 0 Å². The lowest BCUT2D eigenvalue weighted by Gasteiger charge is -2.25. The van der Waals surface area contributed by atoms with Gasteiger partial charge in [-0.05, 0) is 13.3 Å². The Kier molecular flexibility index (Phi) is 4.62. The van der Waals surface area contributed by atoms with Crippen molar-refractivity contribution in [1.29, 1.82) is 0 Å². The van der Waals surface area contributed by atoms with Gasteiger partial charge in [0.1, 0.15) is 6.61 Å². The van der Waals surface area contributed by atoms with Crippen molar-refractivity contribution in [3.05, 3.63) is 12.2 Å². The van der Waals surface area contributed by atoms with Crippen molar-refractivity contribution in [2.45, 2.75) is 13.3 Å². The third-order valence-corrected chi connectivity index (χ3v) is 2.03. The highest BCUT2D eigenvalue weighted by molar-refractivity contribution is 5.86. The third kappa shape index (κ3) is 3.89. The van der Waals surface area contributed by atoms with Crippen LogP contribution in [0.1, 0.15) is 13.3 Å². The SMILES string of the molecule is C=C(C)C(=O)OCCN1CCCOC1.